The number of aromatic nitrogens is 2. The highest BCUT2D eigenvalue weighted by molar-refractivity contribution is 7.22. The van der Waals surface area contributed by atoms with E-state index in [1.165, 1.54) is 22.3 Å². The quantitative estimate of drug-likeness (QED) is 0.268. The number of amides is 1. The summed E-state index contributed by atoms with van der Waals surface area (Å²) < 4.78 is 6.19. The Kier molecular flexibility index (Phi) is 6.58. The van der Waals surface area contributed by atoms with Crippen LogP contribution in [-0.2, 0) is 11.3 Å². The molecule has 0 bridgehead atoms. The van der Waals surface area contributed by atoms with Gasteiger partial charge in [0.1, 0.15) is 11.2 Å². The summed E-state index contributed by atoms with van der Waals surface area (Å²) in [5.41, 5.74) is 1.79. The number of benzene rings is 2. The van der Waals surface area contributed by atoms with Crippen LogP contribution in [0.1, 0.15) is 16.1 Å². The number of thiazole rings is 1. The number of halogens is 1. The average Bonchev–Trinajstić information content (AvgIpc) is 3.33. The predicted octanol–water partition coefficient (Wildman–Crippen LogP) is 4.94. The van der Waals surface area contributed by atoms with Gasteiger partial charge in [-0.05, 0) is 36.4 Å². The van der Waals surface area contributed by atoms with Crippen molar-refractivity contribution in [2.45, 2.75) is 6.54 Å². The molecule has 11 heteroatoms. The van der Waals surface area contributed by atoms with Crippen molar-refractivity contribution in [3.05, 3.63) is 87.2 Å². The van der Waals surface area contributed by atoms with Crippen molar-refractivity contribution in [1.29, 1.82) is 0 Å². The summed E-state index contributed by atoms with van der Waals surface area (Å²) in [5, 5.41) is 12.8. The molecule has 1 aliphatic rings. The van der Waals surface area contributed by atoms with Crippen molar-refractivity contribution >= 4 is 55.6 Å². The van der Waals surface area contributed by atoms with Crippen molar-refractivity contribution in [3.63, 3.8) is 0 Å². The van der Waals surface area contributed by atoms with Gasteiger partial charge in [0.2, 0.25) is 0 Å². The smallest absolute Gasteiger partial charge is 0.293 e. The van der Waals surface area contributed by atoms with Crippen LogP contribution in [0.25, 0.3) is 10.2 Å². The Morgan fingerprint density at radius 1 is 1.17 bits per heavy atom. The Hall–Kier alpha value is -3.60. The number of pyridine rings is 1. The zero-order valence-electron chi connectivity index (χ0n) is 18.5. The number of fused-ring (bicyclic) bond motifs is 1. The molecule has 1 aliphatic heterocycles. The van der Waals surface area contributed by atoms with E-state index in [1.54, 1.807) is 30.5 Å². The Morgan fingerprint density at radius 2 is 2.00 bits per heavy atom. The first-order chi connectivity index (χ1) is 17.0. The number of carbonyl (C=O) groups is 1. The van der Waals surface area contributed by atoms with Gasteiger partial charge in [-0.15, -0.1) is 0 Å². The number of morpholine rings is 1. The normalized spacial score (nSPS) is 13.7. The zero-order chi connectivity index (χ0) is 24.4. The second-order valence-electron chi connectivity index (χ2n) is 7.86. The van der Waals surface area contributed by atoms with E-state index in [-0.39, 0.29) is 17.8 Å². The zero-order valence-corrected chi connectivity index (χ0v) is 20.0. The van der Waals surface area contributed by atoms with Gasteiger partial charge in [0.15, 0.2) is 5.13 Å². The van der Waals surface area contributed by atoms with E-state index in [2.05, 4.69) is 9.97 Å². The van der Waals surface area contributed by atoms with Crippen LogP contribution in [0, 0.1) is 10.1 Å². The molecule has 9 nitrogen and oxygen atoms in total. The topological polar surface area (TPSA) is 102 Å². The molecule has 0 spiro atoms. The van der Waals surface area contributed by atoms with Crippen LogP contribution in [0.2, 0.25) is 5.02 Å². The maximum absolute atomic E-state index is 13.7. The molecule has 4 aromatic rings. The predicted molar refractivity (Wildman–Crippen MR) is 136 cm³/mol. The fraction of sp³-hybridized carbons (Fsp3) is 0.208. The van der Waals surface area contributed by atoms with Crippen molar-refractivity contribution in [3.8, 4) is 0 Å². The Balaban J connectivity index is 1.55. The van der Waals surface area contributed by atoms with E-state index in [0.29, 0.717) is 53.4 Å². The maximum atomic E-state index is 13.7. The van der Waals surface area contributed by atoms with Gasteiger partial charge in [0, 0.05) is 30.9 Å². The van der Waals surface area contributed by atoms with E-state index in [0.717, 1.165) is 4.70 Å². The first-order valence-corrected chi connectivity index (χ1v) is 12.1. The highest BCUT2D eigenvalue weighted by Crippen LogP contribution is 2.35. The maximum Gasteiger partial charge on any atom is 0.293 e. The number of hydrogen-bond acceptors (Lipinski definition) is 8. The summed E-state index contributed by atoms with van der Waals surface area (Å²) in [5.74, 6) is -0.414. The molecule has 1 saturated heterocycles. The molecule has 35 heavy (non-hydrogen) atoms. The highest BCUT2D eigenvalue weighted by atomic mass is 35.5. The number of nitro benzene ring substituents is 1. The lowest BCUT2D eigenvalue weighted by atomic mass is 10.1. The minimum absolute atomic E-state index is 0.122. The first-order valence-electron chi connectivity index (χ1n) is 10.9. The lowest BCUT2D eigenvalue weighted by Gasteiger charge is -2.28. The lowest BCUT2D eigenvalue weighted by molar-refractivity contribution is -0.384. The molecule has 0 unspecified atom stereocenters. The van der Waals surface area contributed by atoms with Gasteiger partial charge in [0.05, 0.1) is 40.1 Å². The van der Waals surface area contributed by atoms with Gasteiger partial charge in [-0.2, -0.15) is 0 Å². The average molecular weight is 510 g/mol. The summed E-state index contributed by atoms with van der Waals surface area (Å²) >= 11 is 7.64. The summed E-state index contributed by atoms with van der Waals surface area (Å²) in [6.07, 6.45) is 1.65. The van der Waals surface area contributed by atoms with Crippen molar-refractivity contribution in [2.24, 2.45) is 0 Å². The molecular formula is C24H20ClN5O4S. The van der Waals surface area contributed by atoms with Crippen LogP contribution in [0.15, 0.2) is 60.8 Å². The number of nitrogens with zero attached hydrogens (tertiary/aromatic N) is 5. The van der Waals surface area contributed by atoms with E-state index >= 15 is 0 Å². The third kappa shape index (κ3) is 4.81. The third-order valence-electron chi connectivity index (χ3n) is 5.65. The number of anilines is 2. The Labute approximate surface area is 209 Å². The molecule has 1 fully saturated rings. The fourth-order valence-corrected chi connectivity index (χ4v) is 5.19. The Morgan fingerprint density at radius 3 is 2.71 bits per heavy atom. The lowest BCUT2D eigenvalue weighted by Crippen LogP contribution is -2.36. The second kappa shape index (κ2) is 9.95. The molecule has 0 saturated carbocycles. The molecule has 3 heterocycles. The minimum atomic E-state index is -0.456. The summed E-state index contributed by atoms with van der Waals surface area (Å²) in [7, 11) is 0. The summed E-state index contributed by atoms with van der Waals surface area (Å²) in [6, 6.07) is 15.5. The molecule has 5 rings (SSSR count). The molecule has 0 atom stereocenters. The molecular weight excluding hydrogens is 490 g/mol. The standard InChI is InChI=1S/C24H20ClN5O4S/c25-18-5-3-6-21-22(18)27-24(35-21)29(15-17-4-1-2-9-26-17)23(31)16-7-8-19(20(14-16)30(32)33)28-10-12-34-13-11-28/h1-9,14H,10-13,15H2. The third-order valence-corrected chi connectivity index (χ3v) is 7.00. The van der Waals surface area contributed by atoms with Crippen LogP contribution < -0.4 is 9.80 Å². The van der Waals surface area contributed by atoms with Crippen LogP contribution in [0.5, 0.6) is 0 Å². The van der Waals surface area contributed by atoms with Gasteiger partial charge in [-0.3, -0.25) is 24.8 Å². The van der Waals surface area contributed by atoms with Gasteiger partial charge >= 0.3 is 0 Å². The van der Waals surface area contributed by atoms with Crippen LogP contribution in [0.4, 0.5) is 16.5 Å². The molecule has 1 amide bonds. The van der Waals surface area contributed by atoms with Crippen LogP contribution in [0.3, 0.4) is 0 Å². The van der Waals surface area contributed by atoms with Gasteiger partial charge in [-0.1, -0.05) is 35.1 Å². The monoisotopic (exact) mass is 509 g/mol. The van der Waals surface area contributed by atoms with Gasteiger partial charge in [0.25, 0.3) is 11.6 Å². The molecule has 178 valence electrons. The Bertz CT molecular complexity index is 1390. The van der Waals surface area contributed by atoms with Crippen molar-refractivity contribution < 1.29 is 14.5 Å². The summed E-state index contributed by atoms with van der Waals surface area (Å²) in [4.78, 5) is 37.5. The van der Waals surface area contributed by atoms with E-state index in [1.807, 2.05) is 29.2 Å². The van der Waals surface area contributed by atoms with E-state index in [4.69, 9.17) is 16.3 Å². The SMILES string of the molecule is O=C(c1ccc(N2CCOCC2)c([N+](=O)[O-])c1)N(Cc1ccccn1)c1nc2c(Cl)cccc2s1. The molecule has 0 aliphatic carbocycles. The number of para-hydroxylation sites is 1. The number of carbonyl (C=O) groups excluding carboxylic acids is 1. The minimum Gasteiger partial charge on any atom is -0.378 e. The summed E-state index contributed by atoms with van der Waals surface area (Å²) in [6.45, 7) is 2.24. The number of nitro groups is 1. The number of ether oxygens (including phenoxy) is 1. The number of rotatable bonds is 6. The molecule has 0 radical (unpaired) electrons. The van der Waals surface area contributed by atoms with Crippen LogP contribution in [-0.4, -0.2) is 47.1 Å². The highest BCUT2D eigenvalue weighted by Gasteiger charge is 2.27. The number of hydrogen-bond donors (Lipinski definition) is 0. The molecule has 0 N–H and O–H groups in total. The fourth-order valence-electron chi connectivity index (χ4n) is 3.93. The second-order valence-corrected chi connectivity index (χ2v) is 9.27. The van der Waals surface area contributed by atoms with Crippen molar-refractivity contribution in [2.75, 3.05) is 36.1 Å². The van der Waals surface area contributed by atoms with E-state index in [9.17, 15) is 14.9 Å². The molecule has 2 aromatic heterocycles. The van der Waals surface area contributed by atoms with E-state index < -0.39 is 10.8 Å². The largest absolute Gasteiger partial charge is 0.378 e. The van der Waals surface area contributed by atoms with Crippen molar-refractivity contribution in [1.82, 2.24) is 9.97 Å². The van der Waals surface area contributed by atoms with Gasteiger partial charge < -0.3 is 9.64 Å². The van der Waals surface area contributed by atoms with Crippen LogP contribution >= 0.6 is 22.9 Å². The van der Waals surface area contributed by atoms with Gasteiger partial charge in [-0.25, -0.2) is 4.98 Å². The first kappa shape index (κ1) is 23.2. The molecule has 2 aromatic carbocycles.